The van der Waals surface area contributed by atoms with Gasteiger partial charge in [0.05, 0.1) is 16.8 Å². The van der Waals surface area contributed by atoms with E-state index in [2.05, 4.69) is 21.9 Å². The predicted molar refractivity (Wildman–Crippen MR) is 149 cm³/mol. The van der Waals surface area contributed by atoms with Crippen molar-refractivity contribution in [2.45, 2.75) is 48.6 Å². The van der Waals surface area contributed by atoms with Crippen molar-refractivity contribution >= 4 is 54.8 Å². The van der Waals surface area contributed by atoms with Crippen LogP contribution in [-0.4, -0.2) is 54.7 Å². The molecule has 3 aliphatic rings. The molecule has 1 unspecified atom stereocenters. The number of pyridine rings is 1. The molecule has 10 nitrogen and oxygen atoms in total. The molecule has 3 heterocycles. The van der Waals surface area contributed by atoms with Gasteiger partial charge in [0, 0.05) is 29.7 Å². The zero-order valence-corrected chi connectivity index (χ0v) is 22.7. The summed E-state index contributed by atoms with van der Waals surface area (Å²) in [5, 5.41) is 6.59. The third-order valence-corrected chi connectivity index (χ3v) is 9.97. The first-order valence-electron chi connectivity index (χ1n) is 13.5. The van der Waals surface area contributed by atoms with Gasteiger partial charge in [-0.15, -0.1) is 6.58 Å². The summed E-state index contributed by atoms with van der Waals surface area (Å²) in [6.07, 6.45) is 2.61. The Bertz CT molecular complexity index is 1870. The second kappa shape index (κ2) is 9.25. The molecular formula is C29H27FN4O6S. The molecule has 41 heavy (non-hydrogen) atoms. The molecular weight excluding hydrogens is 551 g/mol. The number of aromatic nitrogens is 1. The average Bonchev–Trinajstić information content (AvgIpc) is 3.84. The van der Waals surface area contributed by atoms with Gasteiger partial charge in [-0.1, -0.05) is 18.2 Å². The van der Waals surface area contributed by atoms with Crippen LogP contribution in [0.2, 0.25) is 0 Å². The van der Waals surface area contributed by atoms with Crippen LogP contribution in [0.25, 0.3) is 33.0 Å². The van der Waals surface area contributed by atoms with E-state index in [-0.39, 0.29) is 18.8 Å². The van der Waals surface area contributed by atoms with Gasteiger partial charge in [-0.05, 0) is 49.6 Å². The molecule has 2 amide bonds. The van der Waals surface area contributed by atoms with Gasteiger partial charge in [-0.3, -0.25) is 14.3 Å². The fourth-order valence-corrected chi connectivity index (χ4v) is 6.99. The van der Waals surface area contributed by atoms with Crippen molar-refractivity contribution in [1.82, 2.24) is 20.3 Å². The van der Waals surface area contributed by atoms with Crippen LogP contribution in [0.1, 0.15) is 25.7 Å². The number of benzene rings is 2. The number of hydrogen-bond donors (Lipinski definition) is 3. The topological polar surface area (TPSA) is 140 Å². The van der Waals surface area contributed by atoms with E-state index in [1.54, 1.807) is 12.1 Å². The van der Waals surface area contributed by atoms with Crippen LogP contribution in [0.15, 0.2) is 59.5 Å². The van der Waals surface area contributed by atoms with Crippen LogP contribution in [0.3, 0.4) is 0 Å². The highest BCUT2D eigenvalue weighted by atomic mass is 32.2. The van der Waals surface area contributed by atoms with Gasteiger partial charge in [0.15, 0.2) is 11.3 Å². The van der Waals surface area contributed by atoms with E-state index >= 15 is 0 Å². The van der Waals surface area contributed by atoms with E-state index in [9.17, 15) is 22.4 Å². The Morgan fingerprint density at radius 3 is 2.76 bits per heavy atom. The Labute approximate surface area is 234 Å². The highest BCUT2D eigenvalue weighted by Crippen LogP contribution is 2.45. The minimum Gasteiger partial charge on any atom is -0.484 e. The fourth-order valence-electron chi connectivity index (χ4n) is 5.63. The average molecular weight is 579 g/mol. The van der Waals surface area contributed by atoms with E-state index in [0.29, 0.717) is 52.7 Å². The smallest absolute Gasteiger partial charge is 0.259 e. The van der Waals surface area contributed by atoms with Gasteiger partial charge in [0.1, 0.15) is 28.6 Å². The molecule has 2 aromatic carbocycles. The lowest BCUT2D eigenvalue weighted by Crippen LogP contribution is -2.55. The lowest BCUT2D eigenvalue weighted by molar-refractivity contribution is -0.130. The molecule has 1 saturated heterocycles. The first-order chi connectivity index (χ1) is 19.7. The third kappa shape index (κ3) is 4.41. The number of halogens is 1. The van der Waals surface area contributed by atoms with Crippen molar-refractivity contribution in [3.8, 4) is 5.75 Å². The van der Waals surface area contributed by atoms with Crippen molar-refractivity contribution in [1.29, 1.82) is 0 Å². The van der Waals surface area contributed by atoms with E-state index < -0.39 is 50.6 Å². The number of carbonyl (C=O) groups is 2. The Kier molecular flexibility index (Phi) is 5.84. The normalized spacial score (nSPS) is 25.8. The molecule has 3 fully saturated rings. The summed E-state index contributed by atoms with van der Waals surface area (Å²) < 4.78 is 53.6. The number of rotatable bonds is 8. The molecule has 4 atom stereocenters. The van der Waals surface area contributed by atoms with Crippen molar-refractivity contribution in [2.75, 3.05) is 6.54 Å². The number of carbonyl (C=O) groups excluding carboxylic acids is 2. The zero-order chi connectivity index (χ0) is 28.5. The number of fused-ring (bicyclic) bond motifs is 4. The highest BCUT2D eigenvalue weighted by molar-refractivity contribution is 7.91. The minimum atomic E-state index is -3.77. The van der Waals surface area contributed by atoms with E-state index in [1.165, 1.54) is 12.1 Å². The summed E-state index contributed by atoms with van der Waals surface area (Å²) in [6, 6.07) is 11.0. The Morgan fingerprint density at radius 2 is 2.00 bits per heavy atom. The molecule has 0 radical (unpaired) electrons. The first kappa shape index (κ1) is 25.9. The maximum atomic E-state index is 14.3. The highest BCUT2D eigenvalue weighted by Gasteiger charge is 2.61. The first-order valence-corrected chi connectivity index (χ1v) is 15.0. The summed E-state index contributed by atoms with van der Waals surface area (Å²) in [5.41, 5.74) is 0.774. The number of nitrogens with zero attached hydrogens (tertiary/aromatic N) is 1. The van der Waals surface area contributed by atoms with Gasteiger partial charge >= 0.3 is 0 Å². The maximum Gasteiger partial charge on any atom is 0.259 e. The number of furan rings is 1. The van der Waals surface area contributed by atoms with Crippen LogP contribution < -0.4 is 20.1 Å². The van der Waals surface area contributed by atoms with Crippen molar-refractivity contribution in [3.05, 3.63) is 60.9 Å². The number of sulfonamides is 1. The number of hydrogen-bond acceptors (Lipinski definition) is 8. The van der Waals surface area contributed by atoms with Crippen LogP contribution in [0.5, 0.6) is 5.75 Å². The second-order valence-corrected chi connectivity index (χ2v) is 13.0. The molecule has 1 aliphatic heterocycles. The number of para-hydroxylation sites is 1. The molecule has 4 aromatic rings. The largest absolute Gasteiger partial charge is 0.484 e. The quantitative estimate of drug-likeness (QED) is 0.271. The van der Waals surface area contributed by atoms with Crippen LogP contribution in [-0.2, 0) is 19.6 Å². The van der Waals surface area contributed by atoms with E-state index in [1.807, 2.05) is 24.3 Å². The molecule has 2 aliphatic carbocycles. The van der Waals surface area contributed by atoms with Gasteiger partial charge in [0.25, 0.3) is 5.91 Å². The van der Waals surface area contributed by atoms with Crippen molar-refractivity contribution < 1.29 is 31.6 Å². The molecule has 12 heteroatoms. The van der Waals surface area contributed by atoms with Gasteiger partial charge in [-0.25, -0.2) is 17.8 Å². The van der Waals surface area contributed by atoms with E-state index in [4.69, 9.17) is 14.1 Å². The molecule has 212 valence electrons. The Hall–Kier alpha value is -4.03. The van der Waals surface area contributed by atoms with Crippen LogP contribution in [0.4, 0.5) is 4.39 Å². The Balaban J connectivity index is 1.12. The van der Waals surface area contributed by atoms with Gasteiger partial charge in [-0.2, -0.15) is 0 Å². The summed E-state index contributed by atoms with van der Waals surface area (Å²) in [7, 11) is -3.77. The van der Waals surface area contributed by atoms with Gasteiger partial charge < -0.3 is 19.8 Å². The number of nitrogens with one attached hydrogen (secondary N) is 3. The maximum absolute atomic E-state index is 14.3. The van der Waals surface area contributed by atoms with Gasteiger partial charge in [0.2, 0.25) is 15.9 Å². The standard InChI is InChI=1S/C29H27FN4O6S/c1-2-15-13-29(15,28(36)34-41(37,38)18-8-9-18)33-27(35)22-12-17(14-31-22)39-25-20-11-16(30)7-10-21(20)32-24-19-5-3-4-6-23(19)40-26(24)25/h2-7,10-11,15,17-18,22,31H,1,8-9,12-14H2,(H,33,35)(H,34,36)/t15-,17?,22+,29-/m1/s1. The van der Waals surface area contributed by atoms with Crippen LogP contribution >= 0.6 is 0 Å². The zero-order valence-electron chi connectivity index (χ0n) is 21.9. The number of ether oxygens (including phenoxy) is 1. The summed E-state index contributed by atoms with van der Waals surface area (Å²) in [6.45, 7) is 4.03. The molecule has 0 spiro atoms. The summed E-state index contributed by atoms with van der Waals surface area (Å²) in [5.74, 6) is -1.68. The third-order valence-electron chi connectivity index (χ3n) is 8.15. The lowest BCUT2D eigenvalue weighted by atomic mass is 10.1. The Morgan fingerprint density at radius 1 is 1.20 bits per heavy atom. The monoisotopic (exact) mass is 578 g/mol. The molecule has 3 N–H and O–H groups in total. The van der Waals surface area contributed by atoms with Crippen LogP contribution in [0, 0.1) is 11.7 Å². The summed E-state index contributed by atoms with van der Waals surface area (Å²) in [4.78, 5) is 31.0. The lowest BCUT2D eigenvalue weighted by Gasteiger charge is -2.21. The van der Waals surface area contributed by atoms with Crippen molar-refractivity contribution in [3.63, 3.8) is 0 Å². The predicted octanol–water partition coefficient (Wildman–Crippen LogP) is 3.05. The minimum absolute atomic E-state index is 0.253. The molecule has 2 aromatic heterocycles. The molecule has 0 bridgehead atoms. The van der Waals surface area contributed by atoms with E-state index in [0.717, 1.165) is 5.39 Å². The second-order valence-electron chi connectivity index (χ2n) is 11.0. The molecule has 7 rings (SSSR count). The summed E-state index contributed by atoms with van der Waals surface area (Å²) >= 11 is 0. The molecule has 2 saturated carbocycles. The number of amides is 2. The SMILES string of the molecule is C=C[C@@H]1C[C@]1(NC(=O)[C@@H]1CC(Oc2c3cc(F)ccc3nc3c2oc2ccccc23)CN1)C(=O)NS(=O)(=O)C1CC1. The van der Waals surface area contributed by atoms with Crippen molar-refractivity contribution in [2.24, 2.45) is 5.92 Å². The fraction of sp³-hybridized carbons (Fsp3) is 0.345.